The second-order valence-electron chi connectivity index (χ2n) is 8.94. The van der Waals surface area contributed by atoms with Crippen LogP contribution < -0.4 is 9.80 Å². The number of hydrogen-bond acceptors (Lipinski definition) is 5. The summed E-state index contributed by atoms with van der Waals surface area (Å²) in [6.45, 7) is 1.86. The summed E-state index contributed by atoms with van der Waals surface area (Å²) in [4.78, 5) is 41.1. The summed E-state index contributed by atoms with van der Waals surface area (Å²) in [5.74, 6) is -1.15. The van der Waals surface area contributed by atoms with Gasteiger partial charge in [0.05, 0.1) is 34.6 Å². The molecule has 1 atom stereocenters. The lowest BCUT2D eigenvalue weighted by Crippen LogP contribution is -2.35. The zero-order valence-corrected chi connectivity index (χ0v) is 17.4. The number of anilines is 3. The molecule has 1 N–H and O–H groups in total. The Labute approximate surface area is 184 Å². The van der Waals surface area contributed by atoms with Gasteiger partial charge in [0.2, 0.25) is 5.91 Å². The predicted octanol–water partition coefficient (Wildman–Crippen LogP) is 3.46. The number of rotatable bonds is 3. The van der Waals surface area contributed by atoms with Crippen LogP contribution in [0.5, 0.6) is 0 Å². The number of carboxylic acid groups (broad SMARTS) is 1. The van der Waals surface area contributed by atoms with Gasteiger partial charge in [0, 0.05) is 13.2 Å². The number of benzene rings is 2. The fourth-order valence-electron chi connectivity index (χ4n) is 5.85. The highest BCUT2D eigenvalue weighted by Gasteiger charge is 2.76. The van der Waals surface area contributed by atoms with Crippen LogP contribution in [0.1, 0.15) is 35.2 Å². The van der Waals surface area contributed by atoms with Crippen LogP contribution in [0.4, 0.5) is 21.9 Å². The minimum absolute atomic E-state index is 0.0139. The maximum Gasteiger partial charge on any atom is 0.414 e. The van der Waals surface area contributed by atoms with E-state index in [2.05, 4.69) is 0 Å². The molecule has 2 aromatic carbocycles. The fourth-order valence-corrected chi connectivity index (χ4v) is 5.85. The molecule has 3 heterocycles. The summed E-state index contributed by atoms with van der Waals surface area (Å²) >= 11 is 0. The highest BCUT2D eigenvalue weighted by molar-refractivity contribution is 6.16. The van der Waals surface area contributed by atoms with Gasteiger partial charge in [-0.05, 0) is 54.5 Å². The Kier molecular flexibility index (Phi) is 3.96. The van der Waals surface area contributed by atoms with E-state index in [0.717, 1.165) is 30.5 Å². The van der Waals surface area contributed by atoms with Crippen LogP contribution in [0.25, 0.3) is 0 Å². The van der Waals surface area contributed by atoms with Crippen LogP contribution in [0.3, 0.4) is 0 Å². The van der Waals surface area contributed by atoms with Crippen molar-refractivity contribution < 1.29 is 29.0 Å². The monoisotopic (exact) mass is 434 g/mol. The zero-order chi connectivity index (χ0) is 22.1. The molecule has 6 rings (SSSR count). The van der Waals surface area contributed by atoms with Gasteiger partial charge in [-0.15, -0.1) is 0 Å². The number of cyclic esters (lactones) is 1. The van der Waals surface area contributed by atoms with Gasteiger partial charge in [0.25, 0.3) is 0 Å². The van der Waals surface area contributed by atoms with Gasteiger partial charge in [0.15, 0.2) is 0 Å². The van der Waals surface area contributed by atoms with Crippen LogP contribution in [0.2, 0.25) is 0 Å². The first-order valence-corrected chi connectivity index (χ1v) is 10.8. The summed E-state index contributed by atoms with van der Waals surface area (Å²) in [6.07, 6.45) is 1.92. The summed E-state index contributed by atoms with van der Waals surface area (Å²) < 4.78 is 10.6. The molecule has 8 heteroatoms. The number of fused-ring (bicyclic) bond motifs is 3. The number of aromatic carboxylic acids is 1. The topological polar surface area (TPSA) is 96.4 Å². The second kappa shape index (κ2) is 6.56. The molecule has 1 aliphatic carbocycles. The van der Waals surface area contributed by atoms with Crippen molar-refractivity contribution in [3.05, 3.63) is 53.6 Å². The van der Waals surface area contributed by atoms with E-state index in [1.807, 2.05) is 24.3 Å². The van der Waals surface area contributed by atoms with Crippen LogP contribution in [-0.4, -0.2) is 49.4 Å². The Bertz CT molecular complexity index is 1170. The van der Waals surface area contributed by atoms with Crippen molar-refractivity contribution >= 4 is 35.0 Å². The molecular formula is C24H22N2O6. The minimum Gasteiger partial charge on any atom is -0.478 e. The van der Waals surface area contributed by atoms with E-state index < -0.39 is 17.5 Å². The molecule has 2 saturated heterocycles. The Morgan fingerprint density at radius 1 is 1.00 bits per heavy atom. The van der Waals surface area contributed by atoms with E-state index in [-0.39, 0.29) is 23.5 Å². The van der Waals surface area contributed by atoms with E-state index in [4.69, 9.17) is 9.47 Å². The van der Waals surface area contributed by atoms with Crippen LogP contribution in [0.15, 0.2) is 42.5 Å². The average Bonchev–Trinajstić information content (AvgIpc) is 3.08. The number of amides is 2. The Morgan fingerprint density at radius 2 is 1.75 bits per heavy atom. The normalized spacial score (nSPS) is 25.4. The summed E-state index contributed by atoms with van der Waals surface area (Å²) in [5.41, 5.74) is 1.93. The van der Waals surface area contributed by atoms with Gasteiger partial charge in [-0.1, -0.05) is 18.2 Å². The highest BCUT2D eigenvalue weighted by Crippen LogP contribution is 2.74. The standard InChI is InChI=1S/C24H22N2O6/c27-20(28)15-11-16(25-7-10-32-22(25)30)13-17(12-15)26-19-4-2-1-3-18(19)24(21(26)29)14-23(24)5-8-31-9-6-23/h1-4,11-13H,5-10,14H2,(H,27,28)/t24-/m1/s1. The molecule has 4 aliphatic rings. The first-order chi connectivity index (χ1) is 15.5. The highest BCUT2D eigenvalue weighted by atomic mass is 16.6. The minimum atomic E-state index is -1.12. The molecule has 0 bridgehead atoms. The number of carboxylic acids is 1. The van der Waals surface area contributed by atoms with Crippen LogP contribution in [0, 0.1) is 5.41 Å². The van der Waals surface area contributed by atoms with Crippen molar-refractivity contribution in [3.63, 3.8) is 0 Å². The third kappa shape index (κ3) is 2.44. The van der Waals surface area contributed by atoms with Crippen molar-refractivity contribution in [3.8, 4) is 0 Å². The molecule has 8 nitrogen and oxygen atoms in total. The number of hydrogen-bond donors (Lipinski definition) is 1. The lowest BCUT2D eigenvalue weighted by molar-refractivity contribution is -0.121. The predicted molar refractivity (Wildman–Crippen MR) is 114 cm³/mol. The number of para-hydroxylation sites is 1. The van der Waals surface area contributed by atoms with Crippen molar-refractivity contribution in [2.24, 2.45) is 5.41 Å². The van der Waals surface area contributed by atoms with E-state index in [1.165, 1.54) is 17.0 Å². The van der Waals surface area contributed by atoms with Crippen LogP contribution in [-0.2, 0) is 19.7 Å². The fraction of sp³-hybridized carbons (Fsp3) is 0.375. The van der Waals surface area contributed by atoms with E-state index in [1.54, 1.807) is 11.0 Å². The summed E-state index contributed by atoms with van der Waals surface area (Å²) in [7, 11) is 0. The lowest BCUT2D eigenvalue weighted by Gasteiger charge is -2.27. The molecule has 32 heavy (non-hydrogen) atoms. The quantitative estimate of drug-likeness (QED) is 0.795. The zero-order valence-electron chi connectivity index (χ0n) is 17.4. The van der Waals surface area contributed by atoms with Gasteiger partial charge in [-0.2, -0.15) is 0 Å². The molecule has 3 fully saturated rings. The van der Waals surface area contributed by atoms with Crippen molar-refractivity contribution in [1.29, 1.82) is 0 Å². The second-order valence-corrected chi connectivity index (χ2v) is 8.94. The van der Waals surface area contributed by atoms with Gasteiger partial charge in [0.1, 0.15) is 6.61 Å². The molecule has 2 spiro atoms. The SMILES string of the molecule is O=C(O)c1cc(N2CCOC2=O)cc(N2C(=O)[C@@]3(CC34CCOCC4)c3ccccc32)c1. The Hall–Kier alpha value is -3.39. The van der Waals surface area contributed by atoms with Gasteiger partial charge in [-0.25, -0.2) is 9.59 Å². The molecule has 3 aliphatic heterocycles. The Morgan fingerprint density at radius 3 is 2.47 bits per heavy atom. The molecule has 0 unspecified atom stereocenters. The largest absolute Gasteiger partial charge is 0.478 e. The molecule has 2 amide bonds. The maximum absolute atomic E-state index is 14.0. The lowest BCUT2D eigenvalue weighted by atomic mass is 9.82. The molecule has 164 valence electrons. The summed E-state index contributed by atoms with van der Waals surface area (Å²) in [5, 5.41) is 9.71. The van der Waals surface area contributed by atoms with E-state index in [0.29, 0.717) is 31.1 Å². The number of ether oxygens (including phenoxy) is 2. The first-order valence-electron chi connectivity index (χ1n) is 10.8. The third-order valence-corrected chi connectivity index (χ3v) is 7.49. The third-order valence-electron chi connectivity index (χ3n) is 7.49. The Balaban J connectivity index is 1.49. The average molecular weight is 434 g/mol. The molecular weight excluding hydrogens is 412 g/mol. The molecule has 1 saturated carbocycles. The maximum atomic E-state index is 14.0. The number of carbonyl (C=O) groups excluding carboxylic acids is 2. The smallest absolute Gasteiger partial charge is 0.414 e. The van der Waals surface area contributed by atoms with Gasteiger partial charge >= 0.3 is 12.1 Å². The van der Waals surface area contributed by atoms with Crippen molar-refractivity contribution in [2.75, 3.05) is 36.2 Å². The number of carbonyl (C=O) groups is 3. The van der Waals surface area contributed by atoms with Crippen molar-refractivity contribution in [1.82, 2.24) is 0 Å². The summed E-state index contributed by atoms with van der Waals surface area (Å²) in [6, 6.07) is 12.4. The van der Waals surface area contributed by atoms with Gasteiger partial charge in [-0.3, -0.25) is 14.6 Å². The van der Waals surface area contributed by atoms with E-state index in [9.17, 15) is 19.5 Å². The van der Waals surface area contributed by atoms with E-state index >= 15 is 0 Å². The van der Waals surface area contributed by atoms with Gasteiger partial charge < -0.3 is 14.6 Å². The molecule has 0 aromatic heterocycles. The molecule has 0 radical (unpaired) electrons. The first kappa shape index (κ1) is 19.3. The number of nitrogens with zero attached hydrogens (tertiary/aromatic N) is 2. The molecule has 2 aromatic rings. The van der Waals surface area contributed by atoms with Crippen LogP contribution >= 0.6 is 0 Å². The van der Waals surface area contributed by atoms with Crippen molar-refractivity contribution in [2.45, 2.75) is 24.7 Å².